The summed E-state index contributed by atoms with van der Waals surface area (Å²) in [6.07, 6.45) is 2.64. The molecular formula is C11H13N3O2S2. The third kappa shape index (κ3) is 3.11. The molecule has 0 bridgehead atoms. The van der Waals surface area contributed by atoms with E-state index in [4.69, 9.17) is 5.11 Å². The summed E-state index contributed by atoms with van der Waals surface area (Å²) in [4.78, 5) is 11.8. The SMILES string of the molecule is CCc1ccsc1Cn1cnnc1SCC(=O)O. The number of thiophene rings is 1. The standard InChI is InChI=1S/C11H13N3O2S2/c1-2-8-3-4-17-9(8)5-14-7-12-13-11(14)18-6-10(15)16/h3-4,7H,2,5-6H2,1H3,(H,15,16). The predicted molar refractivity (Wildman–Crippen MR) is 71.2 cm³/mol. The van der Waals surface area contributed by atoms with Crippen LogP contribution in [0.25, 0.3) is 0 Å². The number of carbonyl (C=O) groups is 1. The van der Waals surface area contributed by atoms with Gasteiger partial charge in [0.15, 0.2) is 5.16 Å². The fraction of sp³-hybridized carbons (Fsp3) is 0.364. The zero-order chi connectivity index (χ0) is 13.0. The van der Waals surface area contributed by atoms with Crippen LogP contribution in [-0.4, -0.2) is 31.6 Å². The van der Waals surface area contributed by atoms with E-state index in [0.29, 0.717) is 11.7 Å². The number of hydrogen-bond donors (Lipinski definition) is 1. The molecular weight excluding hydrogens is 270 g/mol. The molecule has 0 aliphatic rings. The highest BCUT2D eigenvalue weighted by Crippen LogP contribution is 2.21. The van der Waals surface area contributed by atoms with E-state index in [1.54, 1.807) is 17.7 Å². The number of aromatic nitrogens is 3. The van der Waals surface area contributed by atoms with E-state index in [2.05, 4.69) is 28.6 Å². The van der Waals surface area contributed by atoms with Gasteiger partial charge >= 0.3 is 5.97 Å². The largest absolute Gasteiger partial charge is 0.481 e. The Morgan fingerprint density at radius 1 is 1.61 bits per heavy atom. The molecule has 2 heterocycles. The van der Waals surface area contributed by atoms with Crippen LogP contribution in [0.5, 0.6) is 0 Å². The van der Waals surface area contributed by atoms with Crippen molar-refractivity contribution in [2.45, 2.75) is 25.0 Å². The number of carboxylic acids is 1. The summed E-state index contributed by atoms with van der Waals surface area (Å²) in [5.41, 5.74) is 1.32. The average molecular weight is 283 g/mol. The molecule has 2 rings (SSSR count). The van der Waals surface area contributed by atoms with Gasteiger partial charge in [-0.1, -0.05) is 18.7 Å². The molecule has 5 nitrogen and oxygen atoms in total. The molecule has 96 valence electrons. The van der Waals surface area contributed by atoms with Gasteiger partial charge < -0.3 is 9.67 Å². The van der Waals surface area contributed by atoms with Gasteiger partial charge in [0.1, 0.15) is 6.33 Å². The fourth-order valence-corrected chi connectivity index (χ4v) is 3.18. The van der Waals surface area contributed by atoms with Crippen LogP contribution in [0.1, 0.15) is 17.4 Å². The van der Waals surface area contributed by atoms with E-state index in [1.807, 2.05) is 4.57 Å². The minimum absolute atomic E-state index is 0.00374. The number of nitrogens with zero attached hydrogens (tertiary/aromatic N) is 3. The Morgan fingerprint density at radius 2 is 2.44 bits per heavy atom. The molecule has 0 aliphatic carbocycles. The maximum Gasteiger partial charge on any atom is 0.313 e. The lowest BCUT2D eigenvalue weighted by Gasteiger charge is -2.05. The van der Waals surface area contributed by atoms with Gasteiger partial charge in [-0.2, -0.15) is 0 Å². The minimum atomic E-state index is -0.847. The summed E-state index contributed by atoms with van der Waals surface area (Å²) in [6.45, 7) is 2.83. The third-order valence-corrected chi connectivity index (χ3v) is 4.35. The third-order valence-electron chi connectivity index (χ3n) is 2.44. The molecule has 0 aliphatic heterocycles. The van der Waals surface area contributed by atoms with Gasteiger partial charge in [-0.15, -0.1) is 21.5 Å². The lowest BCUT2D eigenvalue weighted by molar-refractivity contribution is -0.133. The van der Waals surface area contributed by atoms with E-state index in [-0.39, 0.29) is 5.75 Å². The molecule has 0 radical (unpaired) electrons. The van der Waals surface area contributed by atoms with Crippen molar-refractivity contribution in [2.75, 3.05) is 5.75 Å². The first kappa shape index (κ1) is 13.1. The molecule has 18 heavy (non-hydrogen) atoms. The zero-order valence-electron chi connectivity index (χ0n) is 9.87. The van der Waals surface area contributed by atoms with Crippen molar-refractivity contribution >= 4 is 29.1 Å². The van der Waals surface area contributed by atoms with Crippen LogP contribution in [0.15, 0.2) is 22.9 Å². The highest BCUT2D eigenvalue weighted by atomic mass is 32.2. The first-order chi connectivity index (χ1) is 8.70. The Labute approximate surface area is 113 Å². The molecule has 0 saturated heterocycles. The van der Waals surface area contributed by atoms with E-state index < -0.39 is 5.97 Å². The highest BCUT2D eigenvalue weighted by Gasteiger charge is 2.10. The molecule has 1 N–H and O–H groups in total. The Bertz CT molecular complexity index is 536. The smallest absolute Gasteiger partial charge is 0.313 e. The second kappa shape index (κ2) is 6.01. The molecule has 2 aromatic heterocycles. The normalized spacial score (nSPS) is 10.7. The van der Waals surface area contributed by atoms with Gasteiger partial charge in [0, 0.05) is 4.88 Å². The Hall–Kier alpha value is -1.34. The van der Waals surface area contributed by atoms with Crippen molar-refractivity contribution in [1.82, 2.24) is 14.8 Å². The molecule has 0 aromatic carbocycles. The highest BCUT2D eigenvalue weighted by molar-refractivity contribution is 7.99. The number of aryl methyl sites for hydroxylation is 1. The van der Waals surface area contributed by atoms with Crippen molar-refractivity contribution < 1.29 is 9.90 Å². The number of thioether (sulfide) groups is 1. The first-order valence-electron chi connectivity index (χ1n) is 5.48. The van der Waals surface area contributed by atoms with Crippen LogP contribution in [0.2, 0.25) is 0 Å². The predicted octanol–water partition coefficient (Wildman–Crippen LogP) is 2.13. The molecule has 0 amide bonds. The lowest BCUT2D eigenvalue weighted by Crippen LogP contribution is -2.03. The molecule has 7 heteroatoms. The summed E-state index contributed by atoms with van der Waals surface area (Å²) in [5.74, 6) is -0.844. The monoisotopic (exact) mass is 283 g/mol. The molecule has 0 spiro atoms. The van der Waals surface area contributed by atoms with Crippen molar-refractivity contribution in [2.24, 2.45) is 0 Å². The van der Waals surface area contributed by atoms with Crippen molar-refractivity contribution in [3.05, 3.63) is 28.2 Å². The minimum Gasteiger partial charge on any atom is -0.481 e. The summed E-state index contributed by atoms with van der Waals surface area (Å²) in [7, 11) is 0. The summed E-state index contributed by atoms with van der Waals surface area (Å²) >= 11 is 2.90. The summed E-state index contributed by atoms with van der Waals surface area (Å²) in [5, 5.41) is 19.2. The second-order valence-electron chi connectivity index (χ2n) is 3.65. The number of hydrogen-bond acceptors (Lipinski definition) is 5. The molecule has 0 unspecified atom stereocenters. The molecule has 2 aromatic rings. The maximum atomic E-state index is 10.5. The van der Waals surface area contributed by atoms with Crippen LogP contribution in [0.4, 0.5) is 0 Å². The van der Waals surface area contributed by atoms with Gasteiger partial charge in [-0.3, -0.25) is 4.79 Å². The second-order valence-corrected chi connectivity index (χ2v) is 5.59. The summed E-state index contributed by atoms with van der Waals surface area (Å²) < 4.78 is 1.89. The maximum absolute atomic E-state index is 10.5. The van der Waals surface area contributed by atoms with Gasteiger partial charge in [-0.05, 0) is 23.4 Å². The molecule has 0 fully saturated rings. The number of carboxylic acid groups (broad SMARTS) is 1. The lowest BCUT2D eigenvalue weighted by atomic mass is 10.2. The number of rotatable bonds is 6. The van der Waals surface area contributed by atoms with Crippen molar-refractivity contribution in [1.29, 1.82) is 0 Å². The van der Waals surface area contributed by atoms with Gasteiger partial charge in [0.05, 0.1) is 12.3 Å². The zero-order valence-corrected chi connectivity index (χ0v) is 11.5. The van der Waals surface area contributed by atoms with Crippen LogP contribution < -0.4 is 0 Å². The van der Waals surface area contributed by atoms with Crippen LogP contribution in [0, 0.1) is 0 Å². The first-order valence-corrected chi connectivity index (χ1v) is 7.35. The van der Waals surface area contributed by atoms with Crippen molar-refractivity contribution in [3.63, 3.8) is 0 Å². The average Bonchev–Trinajstić information content (AvgIpc) is 2.96. The van der Waals surface area contributed by atoms with Gasteiger partial charge in [0.25, 0.3) is 0 Å². The van der Waals surface area contributed by atoms with Crippen LogP contribution >= 0.6 is 23.1 Å². The van der Waals surface area contributed by atoms with Gasteiger partial charge in [-0.25, -0.2) is 0 Å². The molecule has 0 saturated carbocycles. The Kier molecular flexibility index (Phi) is 4.38. The van der Waals surface area contributed by atoms with Gasteiger partial charge in [0.2, 0.25) is 0 Å². The van der Waals surface area contributed by atoms with E-state index in [9.17, 15) is 4.79 Å². The van der Waals surface area contributed by atoms with E-state index in [0.717, 1.165) is 6.42 Å². The Morgan fingerprint density at radius 3 is 3.17 bits per heavy atom. The van der Waals surface area contributed by atoms with Crippen LogP contribution in [0.3, 0.4) is 0 Å². The quantitative estimate of drug-likeness (QED) is 0.823. The van der Waals surface area contributed by atoms with Crippen molar-refractivity contribution in [3.8, 4) is 0 Å². The van der Waals surface area contributed by atoms with E-state index >= 15 is 0 Å². The Balaban J connectivity index is 2.10. The molecule has 0 atom stereocenters. The topological polar surface area (TPSA) is 68.0 Å². The van der Waals surface area contributed by atoms with E-state index in [1.165, 1.54) is 22.2 Å². The van der Waals surface area contributed by atoms with Crippen LogP contribution in [-0.2, 0) is 17.8 Å². The number of aliphatic carboxylic acids is 1. The summed E-state index contributed by atoms with van der Waals surface area (Å²) in [6, 6.07) is 2.12. The fourth-order valence-electron chi connectivity index (χ4n) is 1.57.